The van der Waals surface area contributed by atoms with E-state index in [9.17, 15) is 0 Å². The lowest BCUT2D eigenvalue weighted by Gasteiger charge is -2.26. The van der Waals surface area contributed by atoms with Gasteiger partial charge in [-0.05, 0) is 24.6 Å². The van der Waals surface area contributed by atoms with E-state index in [1.54, 1.807) is 0 Å². The molecular formula is C24H28ClN3O3. The van der Waals surface area contributed by atoms with Gasteiger partial charge in [0, 0.05) is 31.3 Å². The van der Waals surface area contributed by atoms with Gasteiger partial charge in [0.15, 0.2) is 0 Å². The molecule has 1 fully saturated rings. The van der Waals surface area contributed by atoms with E-state index in [-0.39, 0.29) is 0 Å². The van der Waals surface area contributed by atoms with Crippen molar-refractivity contribution in [2.45, 2.75) is 20.0 Å². The zero-order valence-electron chi connectivity index (χ0n) is 17.8. The molecule has 6 nitrogen and oxygen atoms in total. The van der Waals surface area contributed by atoms with E-state index < -0.39 is 0 Å². The van der Waals surface area contributed by atoms with Crippen molar-refractivity contribution in [1.82, 2.24) is 14.7 Å². The highest BCUT2D eigenvalue weighted by Gasteiger charge is 2.13. The predicted octanol–water partition coefficient (Wildman–Crippen LogP) is 4.51. The molecule has 1 saturated heterocycles. The molecule has 164 valence electrons. The Hall–Kier alpha value is -2.54. The van der Waals surface area contributed by atoms with Crippen LogP contribution in [0.3, 0.4) is 0 Å². The molecule has 0 unspecified atom stereocenters. The van der Waals surface area contributed by atoms with Gasteiger partial charge in [0.25, 0.3) is 0 Å². The van der Waals surface area contributed by atoms with Crippen molar-refractivity contribution in [2.75, 3.05) is 39.5 Å². The van der Waals surface area contributed by atoms with Crippen LogP contribution in [0.25, 0.3) is 11.3 Å². The molecule has 0 saturated carbocycles. The molecule has 3 aromatic rings. The first-order valence-corrected chi connectivity index (χ1v) is 11.1. The quantitative estimate of drug-likeness (QED) is 0.489. The van der Waals surface area contributed by atoms with Gasteiger partial charge in [-0.15, -0.1) is 0 Å². The topological polar surface area (TPSA) is 48.8 Å². The molecule has 0 spiro atoms. The van der Waals surface area contributed by atoms with E-state index >= 15 is 0 Å². The summed E-state index contributed by atoms with van der Waals surface area (Å²) in [6.45, 7) is 7.91. The van der Waals surface area contributed by atoms with Gasteiger partial charge in [-0.3, -0.25) is 4.90 Å². The van der Waals surface area contributed by atoms with Crippen LogP contribution >= 0.6 is 11.6 Å². The van der Waals surface area contributed by atoms with Crippen LogP contribution in [0.1, 0.15) is 12.5 Å². The summed E-state index contributed by atoms with van der Waals surface area (Å²) in [5, 5.41) is 5.32. The molecule has 0 radical (unpaired) electrons. The summed E-state index contributed by atoms with van der Waals surface area (Å²) in [6.07, 6.45) is 0. The Morgan fingerprint density at radius 2 is 1.84 bits per heavy atom. The van der Waals surface area contributed by atoms with Gasteiger partial charge in [-0.2, -0.15) is 5.10 Å². The third kappa shape index (κ3) is 5.79. The number of hydrogen-bond donors (Lipinski definition) is 0. The smallest absolute Gasteiger partial charge is 0.212 e. The number of aromatic nitrogens is 2. The molecule has 1 aliphatic rings. The van der Waals surface area contributed by atoms with Crippen molar-refractivity contribution in [3.05, 3.63) is 65.2 Å². The van der Waals surface area contributed by atoms with E-state index in [0.717, 1.165) is 50.0 Å². The average molecular weight is 442 g/mol. The monoisotopic (exact) mass is 441 g/mol. The minimum Gasteiger partial charge on any atom is -0.490 e. The number of morpholine rings is 1. The lowest BCUT2D eigenvalue weighted by Crippen LogP contribution is -2.35. The summed E-state index contributed by atoms with van der Waals surface area (Å²) in [4.78, 5) is 2.37. The van der Waals surface area contributed by atoms with Crippen LogP contribution in [-0.2, 0) is 17.8 Å². The molecule has 31 heavy (non-hydrogen) atoms. The molecule has 0 N–H and O–H groups in total. The van der Waals surface area contributed by atoms with E-state index in [4.69, 9.17) is 30.9 Å². The fourth-order valence-electron chi connectivity index (χ4n) is 3.59. The second-order valence-corrected chi connectivity index (χ2v) is 7.80. The normalized spacial score (nSPS) is 14.5. The number of hydrogen-bond acceptors (Lipinski definition) is 5. The van der Waals surface area contributed by atoms with Gasteiger partial charge in [0.05, 0.1) is 37.1 Å². The maximum absolute atomic E-state index is 6.48. The maximum atomic E-state index is 6.48. The molecule has 1 aliphatic heterocycles. The van der Waals surface area contributed by atoms with Crippen molar-refractivity contribution in [1.29, 1.82) is 0 Å². The summed E-state index contributed by atoms with van der Waals surface area (Å²) in [6, 6.07) is 18.0. The average Bonchev–Trinajstić information content (AvgIpc) is 3.20. The van der Waals surface area contributed by atoms with Crippen molar-refractivity contribution in [2.24, 2.45) is 0 Å². The van der Waals surface area contributed by atoms with Gasteiger partial charge in [-0.25, -0.2) is 4.68 Å². The first-order chi connectivity index (χ1) is 15.2. The molecule has 2 aromatic carbocycles. The second kappa shape index (κ2) is 10.7. The molecule has 0 aliphatic carbocycles. The molecule has 1 aromatic heterocycles. The number of nitrogens with zero attached hydrogens (tertiary/aromatic N) is 3. The summed E-state index contributed by atoms with van der Waals surface area (Å²) in [7, 11) is 0. The minimum atomic E-state index is 0.443. The van der Waals surface area contributed by atoms with Crippen molar-refractivity contribution >= 4 is 11.6 Å². The molecular weight excluding hydrogens is 414 g/mol. The SMILES string of the molecule is CCOc1cc(-c2ccccc2)nn1CCOc1ccc(CN2CCOCC2)cc1Cl. The number of benzene rings is 2. The minimum absolute atomic E-state index is 0.443. The Morgan fingerprint density at radius 1 is 1.03 bits per heavy atom. The fraction of sp³-hybridized carbons (Fsp3) is 0.375. The molecule has 0 atom stereocenters. The highest BCUT2D eigenvalue weighted by molar-refractivity contribution is 6.32. The van der Waals surface area contributed by atoms with Crippen LogP contribution in [-0.4, -0.2) is 54.2 Å². The van der Waals surface area contributed by atoms with Gasteiger partial charge in [0.1, 0.15) is 12.4 Å². The van der Waals surface area contributed by atoms with E-state index in [1.165, 1.54) is 5.56 Å². The van der Waals surface area contributed by atoms with Crippen LogP contribution in [0, 0.1) is 0 Å². The maximum Gasteiger partial charge on any atom is 0.212 e. The third-order valence-corrected chi connectivity index (χ3v) is 5.47. The number of ether oxygens (including phenoxy) is 3. The summed E-state index contributed by atoms with van der Waals surface area (Å²) in [5.41, 5.74) is 3.12. The van der Waals surface area contributed by atoms with Crippen LogP contribution in [0.2, 0.25) is 5.02 Å². The van der Waals surface area contributed by atoms with Crippen molar-refractivity contribution in [3.63, 3.8) is 0 Å². The molecule has 0 bridgehead atoms. The van der Waals surface area contributed by atoms with Gasteiger partial charge in [0.2, 0.25) is 5.88 Å². The summed E-state index contributed by atoms with van der Waals surface area (Å²) < 4.78 is 19.0. The fourth-order valence-corrected chi connectivity index (χ4v) is 3.85. The molecule has 0 amide bonds. The zero-order chi connectivity index (χ0) is 21.5. The first-order valence-electron chi connectivity index (χ1n) is 10.7. The lowest BCUT2D eigenvalue weighted by molar-refractivity contribution is 0.0342. The Morgan fingerprint density at radius 3 is 2.58 bits per heavy atom. The Kier molecular flexibility index (Phi) is 7.46. The van der Waals surface area contributed by atoms with Crippen LogP contribution < -0.4 is 9.47 Å². The lowest BCUT2D eigenvalue weighted by atomic mass is 10.2. The first kappa shape index (κ1) is 21.7. The Bertz CT molecular complexity index is 971. The van der Waals surface area contributed by atoms with Crippen molar-refractivity contribution < 1.29 is 14.2 Å². The number of halogens is 1. The van der Waals surface area contributed by atoms with E-state index in [0.29, 0.717) is 30.5 Å². The highest BCUT2D eigenvalue weighted by atomic mass is 35.5. The van der Waals surface area contributed by atoms with Crippen LogP contribution in [0.4, 0.5) is 0 Å². The molecule has 7 heteroatoms. The summed E-state index contributed by atoms with van der Waals surface area (Å²) in [5.74, 6) is 1.41. The predicted molar refractivity (Wildman–Crippen MR) is 122 cm³/mol. The second-order valence-electron chi connectivity index (χ2n) is 7.39. The van der Waals surface area contributed by atoms with E-state index in [1.807, 2.05) is 60.1 Å². The van der Waals surface area contributed by atoms with Crippen molar-refractivity contribution in [3.8, 4) is 22.9 Å². The number of rotatable bonds is 9. The zero-order valence-corrected chi connectivity index (χ0v) is 18.6. The third-order valence-electron chi connectivity index (χ3n) is 5.17. The van der Waals surface area contributed by atoms with Crippen LogP contribution in [0.5, 0.6) is 11.6 Å². The van der Waals surface area contributed by atoms with Gasteiger partial charge < -0.3 is 14.2 Å². The summed E-state index contributed by atoms with van der Waals surface area (Å²) >= 11 is 6.48. The van der Waals surface area contributed by atoms with Gasteiger partial charge in [-0.1, -0.05) is 48.0 Å². The molecule has 2 heterocycles. The molecule has 4 rings (SSSR count). The van der Waals surface area contributed by atoms with E-state index in [2.05, 4.69) is 11.0 Å². The largest absolute Gasteiger partial charge is 0.490 e. The van der Waals surface area contributed by atoms with Gasteiger partial charge >= 0.3 is 0 Å². The highest BCUT2D eigenvalue weighted by Crippen LogP contribution is 2.27. The standard InChI is InChI=1S/C24H28ClN3O3/c1-2-30-24-17-22(20-6-4-3-5-7-20)26-28(24)12-15-31-23-9-8-19(16-21(23)25)18-27-10-13-29-14-11-27/h3-9,16-17H,2,10-15,18H2,1H3. The Labute approximate surface area is 188 Å². The van der Waals surface area contributed by atoms with Crippen LogP contribution in [0.15, 0.2) is 54.6 Å². The Balaban J connectivity index is 1.37.